The summed E-state index contributed by atoms with van der Waals surface area (Å²) in [7, 11) is 0. The summed E-state index contributed by atoms with van der Waals surface area (Å²) in [6.45, 7) is 7.21. The van der Waals surface area contributed by atoms with Crippen molar-refractivity contribution in [2.45, 2.75) is 32.9 Å². The monoisotopic (exact) mass is 294 g/mol. The number of hydrogen-bond acceptors (Lipinski definition) is 6. The average Bonchev–Trinajstić information content (AvgIpc) is 2.85. The zero-order valence-electron chi connectivity index (χ0n) is 11.7. The van der Waals surface area contributed by atoms with E-state index in [4.69, 9.17) is 4.74 Å². The van der Waals surface area contributed by atoms with Crippen molar-refractivity contribution in [3.8, 4) is 0 Å². The Morgan fingerprint density at radius 1 is 1.55 bits per heavy atom. The lowest BCUT2D eigenvalue weighted by molar-refractivity contribution is -0.00489. The van der Waals surface area contributed by atoms with Crippen LogP contribution in [0.4, 0.5) is 0 Å². The van der Waals surface area contributed by atoms with Crippen LogP contribution in [-0.4, -0.2) is 45.3 Å². The summed E-state index contributed by atoms with van der Waals surface area (Å²) < 4.78 is 6.82. The van der Waals surface area contributed by atoms with E-state index in [0.29, 0.717) is 17.5 Å². The third kappa shape index (κ3) is 2.61. The van der Waals surface area contributed by atoms with Crippen molar-refractivity contribution in [3.63, 3.8) is 0 Å². The first-order valence-corrected chi connectivity index (χ1v) is 7.69. The van der Waals surface area contributed by atoms with Gasteiger partial charge in [-0.3, -0.25) is 9.69 Å². The molecule has 7 heteroatoms. The van der Waals surface area contributed by atoms with Gasteiger partial charge in [0, 0.05) is 25.2 Å². The van der Waals surface area contributed by atoms with E-state index >= 15 is 0 Å². The molecule has 0 radical (unpaired) electrons. The number of fused-ring (bicyclic) bond motifs is 1. The van der Waals surface area contributed by atoms with Crippen molar-refractivity contribution in [2.24, 2.45) is 0 Å². The largest absolute Gasteiger partial charge is 0.379 e. The molecule has 0 aliphatic carbocycles. The van der Waals surface area contributed by atoms with Crippen molar-refractivity contribution in [1.82, 2.24) is 19.5 Å². The molecule has 1 aliphatic rings. The third-order valence-electron chi connectivity index (χ3n) is 3.51. The number of aromatic nitrogens is 3. The van der Waals surface area contributed by atoms with Crippen LogP contribution >= 0.6 is 11.3 Å². The minimum atomic E-state index is -0.0955. The standard InChI is InChI=1S/C13H18N4O2S/c1-3-11-15-17-12(18)6-10(14-13(17)20-11)7-16-4-5-19-8-9(16)2/h6,9H,3-5,7-8H2,1-2H3/t9-/m0/s1. The Balaban J connectivity index is 1.90. The minimum Gasteiger partial charge on any atom is -0.379 e. The Morgan fingerprint density at radius 3 is 3.15 bits per heavy atom. The Labute approximate surface area is 121 Å². The molecule has 1 saturated heterocycles. The second-order valence-corrected chi connectivity index (χ2v) is 6.06. The maximum absolute atomic E-state index is 12.1. The molecule has 6 nitrogen and oxygen atoms in total. The zero-order chi connectivity index (χ0) is 14.1. The van der Waals surface area contributed by atoms with Gasteiger partial charge in [-0.1, -0.05) is 18.3 Å². The smallest absolute Gasteiger partial charge is 0.275 e. The number of rotatable bonds is 3. The summed E-state index contributed by atoms with van der Waals surface area (Å²) in [6.07, 6.45) is 0.823. The molecular weight excluding hydrogens is 276 g/mol. The maximum atomic E-state index is 12.1. The van der Waals surface area contributed by atoms with Crippen molar-refractivity contribution >= 4 is 16.3 Å². The molecule has 1 atom stereocenters. The molecule has 2 aromatic heterocycles. The Kier molecular flexibility index (Phi) is 3.82. The fourth-order valence-corrected chi connectivity index (χ4v) is 3.18. The van der Waals surface area contributed by atoms with E-state index < -0.39 is 0 Å². The molecule has 0 unspecified atom stereocenters. The zero-order valence-corrected chi connectivity index (χ0v) is 12.5. The van der Waals surface area contributed by atoms with Gasteiger partial charge in [0.15, 0.2) is 0 Å². The number of morpholine rings is 1. The first kappa shape index (κ1) is 13.7. The van der Waals surface area contributed by atoms with Gasteiger partial charge >= 0.3 is 0 Å². The highest BCUT2D eigenvalue weighted by atomic mass is 32.1. The van der Waals surface area contributed by atoms with E-state index in [0.717, 1.165) is 36.9 Å². The second-order valence-electron chi connectivity index (χ2n) is 5.02. The van der Waals surface area contributed by atoms with Gasteiger partial charge in [-0.15, -0.1) is 0 Å². The summed E-state index contributed by atoms with van der Waals surface area (Å²) in [6, 6.07) is 1.95. The molecule has 0 amide bonds. The fraction of sp³-hybridized carbons (Fsp3) is 0.615. The van der Waals surface area contributed by atoms with Gasteiger partial charge in [-0.2, -0.15) is 9.61 Å². The number of ether oxygens (including phenoxy) is 1. The Hall–Kier alpha value is -1.31. The molecule has 108 valence electrons. The van der Waals surface area contributed by atoms with Crippen molar-refractivity contribution < 1.29 is 4.74 Å². The average molecular weight is 294 g/mol. The van der Waals surface area contributed by atoms with Crippen LogP contribution in [0.2, 0.25) is 0 Å². The molecule has 0 bridgehead atoms. The predicted molar refractivity (Wildman–Crippen MR) is 77.2 cm³/mol. The fourth-order valence-electron chi connectivity index (χ4n) is 2.32. The first-order chi connectivity index (χ1) is 9.67. The van der Waals surface area contributed by atoms with Gasteiger partial charge in [0.2, 0.25) is 4.96 Å². The lowest BCUT2D eigenvalue weighted by atomic mass is 10.2. The van der Waals surface area contributed by atoms with Crippen LogP contribution in [0.5, 0.6) is 0 Å². The van der Waals surface area contributed by atoms with Gasteiger partial charge < -0.3 is 4.74 Å². The number of hydrogen-bond donors (Lipinski definition) is 0. The molecule has 1 aliphatic heterocycles. The molecule has 3 heterocycles. The normalized spacial score (nSPS) is 20.6. The van der Waals surface area contributed by atoms with E-state index in [-0.39, 0.29) is 5.56 Å². The molecule has 0 saturated carbocycles. The van der Waals surface area contributed by atoms with E-state index in [2.05, 4.69) is 21.9 Å². The van der Waals surface area contributed by atoms with Crippen molar-refractivity contribution in [2.75, 3.05) is 19.8 Å². The number of aryl methyl sites for hydroxylation is 1. The van der Waals surface area contributed by atoms with Gasteiger partial charge in [0.05, 0.1) is 18.9 Å². The van der Waals surface area contributed by atoms with Crippen LogP contribution in [0.3, 0.4) is 0 Å². The highest BCUT2D eigenvalue weighted by Gasteiger charge is 2.20. The van der Waals surface area contributed by atoms with E-state index in [1.165, 1.54) is 15.9 Å². The number of nitrogens with zero attached hydrogens (tertiary/aromatic N) is 4. The molecule has 0 spiro atoms. The second kappa shape index (κ2) is 5.59. The quantitative estimate of drug-likeness (QED) is 0.843. The van der Waals surface area contributed by atoms with E-state index in [1.54, 1.807) is 6.07 Å². The van der Waals surface area contributed by atoms with Crippen LogP contribution in [0.1, 0.15) is 24.5 Å². The highest BCUT2D eigenvalue weighted by molar-refractivity contribution is 7.16. The first-order valence-electron chi connectivity index (χ1n) is 6.88. The molecule has 3 rings (SSSR count). The third-order valence-corrected chi connectivity index (χ3v) is 4.57. The van der Waals surface area contributed by atoms with Crippen LogP contribution < -0.4 is 5.56 Å². The van der Waals surface area contributed by atoms with Gasteiger partial charge in [0.1, 0.15) is 5.01 Å². The molecule has 0 aromatic carbocycles. The summed E-state index contributed by atoms with van der Waals surface area (Å²) in [5.74, 6) is 0. The predicted octanol–water partition coefficient (Wildman–Crippen LogP) is 0.934. The van der Waals surface area contributed by atoms with Crippen LogP contribution in [0.25, 0.3) is 4.96 Å². The molecule has 1 fully saturated rings. The topological polar surface area (TPSA) is 59.7 Å². The summed E-state index contributed by atoms with van der Waals surface area (Å²) in [4.78, 5) is 19.6. The van der Waals surface area contributed by atoms with E-state index in [9.17, 15) is 4.79 Å². The lowest BCUT2D eigenvalue weighted by Crippen LogP contribution is -2.43. The lowest BCUT2D eigenvalue weighted by Gasteiger charge is -2.32. The van der Waals surface area contributed by atoms with Gasteiger partial charge in [0.25, 0.3) is 5.56 Å². The van der Waals surface area contributed by atoms with Gasteiger partial charge in [-0.25, -0.2) is 4.98 Å². The molecular formula is C13H18N4O2S. The molecule has 20 heavy (non-hydrogen) atoms. The Morgan fingerprint density at radius 2 is 2.40 bits per heavy atom. The van der Waals surface area contributed by atoms with Crippen molar-refractivity contribution in [3.05, 3.63) is 27.1 Å². The summed E-state index contributed by atoms with van der Waals surface area (Å²) >= 11 is 1.49. The van der Waals surface area contributed by atoms with E-state index in [1.807, 2.05) is 6.92 Å². The van der Waals surface area contributed by atoms with Crippen LogP contribution in [0, 0.1) is 0 Å². The minimum absolute atomic E-state index is 0.0955. The highest BCUT2D eigenvalue weighted by Crippen LogP contribution is 2.14. The Bertz CT molecular complexity index is 666. The van der Waals surface area contributed by atoms with Crippen molar-refractivity contribution in [1.29, 1.82) is 0 Å². The summed E-state index contributed by atoms with van der Waals surface area (Å²) in [5.41, 5.74) is 0.719. The van der Waals surface area contributed by atoms with Crippen LogP contribution in [-0.2, 0) is 17.7 Å². The molecule has 0 N–H and O–H groups in total. The maximum Gasteiger partial charge on any atom is 0.275 e. The summed E-state index contributed by atoms with van der Waals surface area (Å²) in [5, 5.41) is 5.20. The SMILES string of the molecule is CCc1nn2c(=O)cc(CN3CCOC[C@@H]3C)nc2s1. The van der Waals surface area contributed by atoms with Gasteiger partial charge in [-0.05, 0) is 13.3 Å². The molecule has 2 aromatic rings. The van der Waals surface area contributed by atoms with Crippen LogP contribution in [0.15, 0.2) is 10.9 Å².